The van der Waals surface area contributed by atoms with Crippen LogP contribution in [-0.2, 0) is 14.3 Å². The number of hydrogen-bond donors (Lipinski definition) is 0. The lowest BCUT2D eigenvalue weighted by Gasteiger charge is -2.14. The molecule has 0 saturated heterocycles. The molecule has 2 aromatic rings. The van der Waals surface area contributed by atoms with E-state index in [1.807, 2.05) is 60.7 Å². The summed E-state index contributed by atoms with van der Waals surface area (Å²) in [4.78, 5) is 23.9. The Morgan fingerprint density at radius 2 is 1.52 bits per heavy atom. The molecule has 1 aliphatic heterocycles. The van der Waals surface area contributed by atoms with E-state index in [4.69, 9.17) is 4.74 Å². The summed E-state index contributed by atoms with van der Waals surface area (Å²) in [7, 11) is 0. The first kappa shape index (κ1) is 13.3. The second kappa shape index (κ2) is 5.37. The summed E-state index contributed by atoms with van der Waals surface area (Å²) in [5.74, 6) is -0.813. The van der Waals surface area contributed by atoms with Crippen molar-refractivity contribution in [1.82, 2.24) is 0 Å². The number of ketones is 1. The van der Waals surface area contributed by atoms with Gasteiger partial charge >= 0.3 is 5.97 Å². The van der Waals surface area contributed by atoms with Crippen LogP contribution in [0.5, 0.6) is 0 Å². The van der Waals surface area contributed by atoms with Crippen molar-refractivity contribution in [2.45, 2.75) is 13.0 Å². The van der Waals surface area contributed by atoms with Crippen LogP contribution in [0.15, 0.2) is 66.2 Å². The van der Waals surface area contributed by atoms with Gasteiger partial charge in [-0.1, -0.05) is 60.7 Å². The van der Waals surface area contributed by atoms with E-state index >= 15 is 0 Å². The molecule has 1 aliphatic rings. The SMILES string of the molecule is CC(=O)C1=C(c2ccccc2)[C@@H](c2ccccc2)OC1=O. The third-order valence-corrected chi connectivity index (χ3v) is 3.50. The fourth-order valence-electron chi connectivity index (χ4n) is 2.58. The Bertz CT molecular complexity index is 715. The minimum Gasteiger partial charge on any atom is -0.449 e. The number of cyclic esters (lactones) is 1. The van der Waals surface area contributed by atoms with Gasteiger partial charge in [0, 0.05) is 5.57 Å². The van der Waals surface area contributed by atoms with Gasteiger partial charge in [-0.2, -0.15) is 0 Å². The van der Waals surface area contributed by atoms with Crippen LogP contribution >= 0.6 is 0 Å². The van der Waals surface area contributed by atoms with Crippen molar-refractivity contribution in [2.75, 3.05) is 0 Å². The molecule has 0 N–H and O–H groups in total. The van der Waals surface area contributed by atoms with Crippen LogP contribution in [0.25, 0.3) is 5.57 Å². The number of ether oxygens (including phenoxy) is 1. The van der Waals surface area contributed by atoms with Gasteiger partial charge in [0.2, 0.25) is 0 Å². The molecule has 0 spiro atoms. The van der Waals surface area contributed by atoms with Crippen molar-refractivity contribution < 1.29 is 14.3 Å². The third kappa shape index (κ3) is 2.38. The molecule has 2 aromatic carbocycles. The second-order valence-electron chi connectivity index (χ2n) is 4.91. The van der Waals surface area contributed by atoms with Crippen LogP contribution in [0.1, 0.15) is 24.2 Å². The summed E-state index contributed by atoms with van der Waals surface area (Å²) < 4.78 is 5.45. The Labute approximate surface area is 122 Å². The number of benzene rings is 2. The van der Waals surface area contributed by atoms with E-state index in [0.717, 1.165) is 11.1 Å². The molecule has 3 rings (SSSR count). The van der Waals surface area contributed by atoms with E-state index < -0.39 is 12.1 Å². The van der Waals surface area contributed by atoms with Gasteiger partial charge in [-0.05, 0) is 18.1 Å². The number of rotatable bonds is 3. The Balaban J connectivity index is 2.19. The van der Waals surface area contributed by atoms with Gasteiger partial charge < -0.3 is 4.74 Å². The molecule has 0 radical (unpaired) electrons. The quantitative estimate of drug-likeness (QED) is 0.639. The maximum Gasteiger partial charge on any atom is 0.343 e. The van der Waals surface area contributed by atoms with Crippen molar-refractivity contribution in [1.29, 1.82) is 0 Å². The largest absolute Gasteiger partial charge is 0.449 e. The van der Waals surface area contributed by atoms with Crippen molar-refractivity contribution >= 4 is 17.3 Å². The number of carbonyl (C=O) groups is 2. The number of carbonyl (C=O) groups excluding carboxylic acids is 2. The summed E-state index contributed by atoms with van der Waals surface area (Å²) in [5.41, 5.74) is 2.50. The van der Waals surface area contributed by atoms with E-state index in [2.05, 4.69) is 0 Å². The maximum atomic E-state index is 12.1. The molecule has 0 amide bonds. The molecule has 1 heterocycles. The lowest BCUT2D eigenvalue weighted by molar-refractivity contribution is -0.140. The maximum absolute atomic E-state index is 12.1. The summed E-state index contributed by atoms with van der Waals surface area (Å²) in [6.07, 6.45) is -0.528. The fourth-order valence-corrected chi connectivity index (χ4v) is 2.58. The third-order valence-electron chi connectivity index (χ3n) is 3.50. The number of esters is 1. The van der Waals surface area contributed by atoms with E-state index in [-0.39, 0.29) is 11.4 Å². The van der Waals surface area contributed by atoms with Crippen LogP contribution in [0.2, 0.25) is 0 Å². The Kier molecular flexibility index (Phi) is 3.40. The fraction of sp³-hybridized carbons (Fsp3) is 0.111. The lowest BCUT2D eigenvalue weighted by Crippen LogP contribution is -2.07. The highest BCUT2D eigenvalue weighted by molar-refractivity contribution is 6.24. The van der Waals surface area contributed by atoms with Gasteiger partial charge in [0.05, 0.1) is 0 Å². The monoisotopic (exact) mass is 278 g/mol. The highest BCUT2D eigenvalue weighted by Gasteiger charge is 2.37. The Morgan fingerprint density at radius 1 is 0.952 bits per heavy atom. The molecule has 3 heteroatoms. The van der Waals surface area contributed by atoms with Crippen molar-refractivity contribution in [3.05, 3.63) is 77.4 Å². The zero-order chi connectivity index (χ0) is 14.8. The highest BCUT2D eigenvalue weighted by Crippen LogP contribution is 2.41. The van der Waals surface area contributed by atoms with Gasteiger partial charge in [-0.3, -0.25) is 4.79 Å². The van der Waals surface area contributed by atoms with Gasteiger partial charge in [-0.15, -0.1) is 0 Å². The zero-order valence-electron chi connectivity index (χ0n) is 11.6. The van der Waals surface area contributed by atoms with Crippen molar-refractivity contribution in [2.24, 2.45) is 0 Å². The Hall–Kier alpha value is -2.68. The van der Waals surface area contributed by atoms with Gasteiger partial charge in [0.15, 0.2) is 11.9 Å². The van der Waals surface area contributed by atoms with Gasteiger partial charge in [0.1, 0.15) is 5.57 Å². The minimum absolute atomic E-state index is 0.148. The zero-order valence-corrected chi connectivity index (χ0v) is 11.6. The van der Waals surface area contributed by atoms with E-state index in [0.29, 0.717) is 5.57 Å². The highest BCUT2D eigenvalue weighted by atomic mass is 16.5. The molecule has 104 valence electrons. The molecule has 0 aliphatic carbocycles. The van der Waals surface area contributed by atoms with Crippen molar-refractivity contribution in [3.8, 4) is 0 Å². The average molecular weight is 278 g/mol. The van der Waals surface area contributed by atoms with E-state index in [1.54, 1.807) is 0 Å². The van der Waals surface area contributed by atoms with E-state index in [1.165, 1.54) is 6.92 Å². The molecule has 0 unspecified atom stereocenters. The Morgan fingerprint density at radius 3 is 2.10 bits per heavy atom. The predicted octanol–water partition coefficient (Wildman–Crippen LogP) is 3.33. The van der Waals surface area contributed by atoms with Crippen LogP contribution in [0, 0.1) is 0 Å². The molecule has 3 nitrogen and oxygen atoms in total. The first-order valence-corrected chi connectivity index (χ1v) is 6.75. The van der Waals surface area contributed by atoms with E-state index in [9.17, 15) is 9.59 Å². The summed E-state index contributed by atoms with van der Waals surface area (Å²) >= 11 is 0. The molecule has 0 aromatic heterocycles. The van der Waals surface area contributed by atoms with Crippen molar-refractivity contribution in [3.63, 3.8) is 0 Å². The minimum atomic E-state index is -0.546. The first-order chi connectivity index (χ1) is 10.2. The summed E-state index contributed by atoms with van der Waals surface area (Å²) in [6.45, 7) is 1.40. The smallest absolute Gasteiger partial charge is 0.343 e. The molecule has 0 bridgehead atoms. The van der Waals surface area contributed by atoms with Crippen LogP contribution < -0.4 is 0 Å². The van der Waals surface area contributed by atoms with Gasteiger partial charge in [0.25, 0.3) is 0 Å². The molecular weight excluding hydrogens is 264 g/mol. The molecular formula is C18H14O3. The predicted molar refractivity (Wildman–Crippen MR) is 79.3 cm³/mol. The average Bonchev–Trinajstić information content (AvgIpc) is 2.86. The molecule has 0 fully saturated rings. The first-order valence-electron chi connectivity index (χ1n) is 6.75. The van der Waals surface area contributed by atoms with Crippen LogP contribution in [0.4, 0.5) is 0 Å². The summed E-state index contributed by atoms with van der Waals surface area (Å²) in [5, 5.41) is 0. The van der Waals surface area contributed by atoms with Crippen LogP contribution in [0.3, 0.4) is 0 Å². The molecule has 21 heavy (non-hydrogen) atoms. The lowest BCUT2D eigenvalue weighted by atomic mass is 9.92. The standard InChI is InChI=1S/C18H14O3/c1-12(19)15-16(13-8-4-2-5-9-13)17(21-18(15)20)14-10-6-3-7-11-14/h2-11,17H,1H3/t17-/m1/s1. The molecule has 1 atom stereocenters. The van der Waals surface area contributed by atoms with Crippen LogP contribution in [-0.4, -0.2) is 11.8 Å². The number of Topliss-reactive ketones (excluding diaryl/α,β-unsaturated/α-hetero) is 1. The second-order valence-corrected chi connectivity index (χ2v) is 4.91. The summed E-state index contributed by atoms with van der Waals surface area (Å²) in [6, 6.07) is 18.9. The normalized spacial score (nSPS) is 17.8. The number of hydrogen-bond acceptors (Lipinski definition) is 3. The topological polar surface area (TPSA) is 43.4 Å². The molecule has 0 saturated carbocycles. The van der Waals surface area contributed by atoms with Gasteiger partial charge in [-0.25, -0.2) is 4.79 Å².